The molecule has 1 aromatic carbocycles. The van der Waals surface area contributed by atoms with Gasteiger partial charge in [-0.2, -0.15) is 0 Å². The summed E-state index contributed by atoms with van der Waals surface area (Å²) in [5.74, 6) is 1.47. The summed E-state index contributed by atoms with van der Waals surface area (Å²) in [7, 11) is 0. The number of benzene rings is 1. The molecule has 0 saturated heterocycles. The van der Waals surface area contributed by atoms with Gasteiger partial charge in [-0.3, -0.25) is 4.79 Å². The number of carboxylic acid groups (broad SMARTS) is 1. The summed E-state index contributed by atoms with van der Waals surface area (Å²) >= 11 is 1.36. The van der Waals surface area contributed by atoms with Crippen LogP contribution in [0.25, 0.3) is 11.5 Å². The van der Waals surface area contributed by atoms with E-state index in [0.717, 1.165) is 17.0 Å². The van der Waals surface area contributed by atoms with Crippen molar-refractivity contribution in [2.24, 2.45) is 0 Å². The van der Waals surface area contributed by atoms with Crippen LogP contribution in [0.5, 0.6) is 0 Å². The average molecular weight is 371 g/mol. The fourth-order valence-electron chi connectivity index (χ4n) is 2.03. The second-order valence-electron chi connectivity index (χ2n) is 5.09. The number of rotatable bonds is 10. The number of ether oxygens (including phenoxy) is 1. The molecule has 0 saturated carbocycles. The van der Waals surface area contributed by atoms with Crippen molar-refractivity contribution in [3.8, 4) is 11.5 Å². The van der Waals surface area contributed by atoms with Gasteiger partial charge in [0, 0.05) is 17.7 Å². The van der Waals surface area contributed by atoms with Gasteiger partial charge in [-0.15, -0.1) is 11.8 Å². The van der Waals surface area contributed by atoms with E-state index in [-0.39, 0.29) is 36.7 Å². The largest absolute Gasteiger partial charge is 1.00 e. The van der Waals surface area contributed by atoms with E-state index in [2.05, 4.69) is 4.98 Å². The second-order valence-corrected chi connectivity index (χ2v) is 6.12. The van der Waals surface area contributed by atoms with Crippen molar-refractivity contribution in [1.29, 1.82) is 0 Å². The fourth-order valence-corrected chi connectivity index (χ4v) is 2.60. The molecular formula is C18H22NNaO4S. The molecule has 0 spiro atoms. The molecule has 2 aromatic rings. The van der Waals surface area contributed by atoms with E-state index in [9.17, 15) is 4.79 Å². The van der Waals surface area contributed by atoms with Crippen molar-refractivity contribution in [3.63, 3.8) is 0 Å². The van der Waals surface area contributed by atoms with Crippen molar-refractivity contribution in [2.45, 2.75) is 13.3 Å². The molecule has 0 bridgehead atoms. The monoisotopic (exact) mass is 371 g/mol. The first-order chi connectivity index (χ1) is 11.7. The third-order valence-electron chi connectivity index (χ3n) is 3.22. The average Bonchev–Trinajstić information content (AvgIpc) is 2.95. The number of hydrogen-bond donors (Lipinski definition) is 1. The van der Waals surface area contributed by atoms with Crippen molar-refractivity contribution in [3.05, 3.63) is 53.9 Å². The van der Waals surface area contributed by atoms with Gasteiger partial charge in [0.1, 0.15) is 5.76 Å². The van der Waals surface area contributed by atoms with Crippen LogP contribution in [0.1, 0.15) is 12.9 Å². The van der Waals surface area contributed by atoms with E-state index in [1.54, 1.807) is 0 Å². The SMILES string of the molecule is Cc1oc(-c2ccccc2)nc1CCOCC=CCSCC(=O)O.[H-].[Na+]. The zero-order valence-electron chi connectivity index (χ0n) is 15.6. The van der Waals surface area contributed by atoms with Crippen molar-refractivity contribution in [1.82, 2.24) is 4.98 Å². The van der Waals surface area contributed by atoms with E-state index >= 15 is 0 Å². The van der Waals surface area contributed by atoms with E-state index in [1.807, 2.05) is 49.4 Å². The number of nitrogens with zero attached hydrogens (tertiary/aromatic N) is 1. The topological polar surface area (TPSA) is 72.6 Å². The van der Waals surface area contributed by atoms with Crippen LogP contribution in [-0.4, -0.2) is 40.8 Å². The van der Waals surface area contributed by atoms with Crippen LogP contribution < -0.4 is 29.6 Å². The van der Waals surface area contributed by atoms with Gasteiger partial charge in [0.15, 0.2) is 0 Å². The standard InChI is InChI=1S/C18H21NO4S.Na.H/c1-14-16(19-18(23-14)15-7-3-2-4-8-15)9-11-22-10-5-6-12-24-13-17(20)21;;/h2-8H,9-13H2,1H3,(H,20,21);;/q;+1;-1. The maximum absolute atomic E-state index is 10.3. The Morgan fingerprint density at radius 1 is 1.36 bits per heavy atom. The molecule has 25 heavy (non-hydrogen) atoms. The first kappa shape index (κ1) is 22.0. The summed E-state index contributed by atoms with van der Waals surface area (Å²) in [6.45, 7) is 2.98. The maximum atomic E-state index is 10.3. The fraction of sp³-hybridized carbons (Fsp3) is 0.333. The Balaban J connectivity index is 0.00000312. The van der Waals surface area contributed by atoms with Crippen molar-refractivity contribution >= 4 is 17.7 Å². The Morgan fingerprint density at radius 2 is 2.12 bits per heavy atom. The number of thioether (sulfide) groups is 1. The third-order valence-corrected chi connectivity index (χ3v) is 4.10. The van der Waals surface area contributed by atoms with Gasteiger partial charge in [-0.25, -0.2) is 4.98 Å². The molecule has 1 N–H and O–H groups in total. The molecule has 0 aliphatic rings. The Hall–Kier alpha value is -1.05. The molecule has 1 heterocycles. The molecule has 0 amide bonds. The Bertz CT molecular complexity index is 679. The smallest absolute Gasteiger partial charge is 1.00 e. The quantitative estimate of drug-likeness (QED) is 0.377. The van der Waals surface area contributed by atoms with Crippen LogP contribution >= 0.6 is 11.8 Å². The molecule has 0 aliphatic heterocycles. The van der Waals surface area contributed by atoms with Crippen molar-refractivity contribution in [2.75, 3.05) is 24.7 Å². The number of carboxylic acids is 1. The summed E-state index contributed by atoms with van der Waals surface area (Å²) in [5, 5.41) is 8.51. The third kappa shape index (κ3) is 8.25. The molecule has 130 valence electrons. The molecule has 0 fully saturated rings. The zero-order valence-corrected chi connectivity index (χ0v) is 17.4. The predicted molar refractivity (Wildman–Crippen MR) is 96.4 cm³/mol. The van der Waals surface area contributed by atoms with Crippen molar-refractivity contribution < 1.29 is 50.0 Å². The first-order valence-electron chi connectivity index (χ1n) is 7.71. The minimum absolute atomic E-state index is 0. The number of aliphatic carboxylic acids is 1. The van der Waals surface area contributed by atoms with Crippen LogP contribution in [0.2, 0.25) is 0 Å². The van der Waals surface area contributed by atoms with Gasteiger partial charge in [-0.1, -0.05) is 30.4 Å². The molecule has 0 radical (unpaired) electrons. The molecule has 0 aliphatic carbocycles. The van der Waals surface area contributed by atoms with Crippen LogP contribution in [0.3, 0.4) is 0 Å². The second kappa shape index (κ2) is 12.3. The molecule has 5 nitrogen and oxygen atoms in total. The Kier molecular flexibility index (Phi) is 10.8. The minimum Gasteiger partial charge on any atom is -1.00 e. The van der Waals surface area contributed by atoms with Gasteiger partial charge < -0.3 is 15.7 Å². The molecular weight excluding hydrogens is 349 g/mol. The number of carbonyl (C=O) groups is 1. The summed E-state index contributed by atoms with van der Waals surface area (Å²) in [5.41, 5.74) is 1.88. The number of aromatic nitrogens is 1. The van der Waals surface area contributed by atoms with Gasteiger partial charge in [0.2, 0.25) is 5.89 Å². The van der Waals surface area contributed by atoms with Crippen LogP contribution in [0.15, 0.2) is 46.9 Å². The van der Waals surface area contributed by atoms with E-state index in [0.29, 0.717) is 31.3 Å². The Morgan fingerprint density at radius 3 is 2.84 bits per heavy atom. The zero-order chi connectivity index (χ0) is 17.2. The number of oxazole rings is 1. The molecule has 1 aromatic heterocycles. The van der Waals surface area contributed by atoms with E-state index < -0.39 is 5.97 Å². The summed E-state index contributed by atoms with van der Waals surface area (Å²) < 4.78 is 11.3. The van der Waals surface area contributed by atoms with Gasteiger partial charge >= 0.3 is 35.5 Å². The summed E-state index contributed by atoms with van der Waals surface area (Å²) in [6, 6.07) is 9.82. The first-order valence-corrected chi connectivity index (χ1v) is 8.86. The van der Waals surface area contributed by atoms with Crippen LogP contribution in [0.4, 0.5) is 0 Å². The predicted octanol–water partition coefficient (Wildman–Crippen LogP) is 0.700. The van der Waals surface area contributed by atoms with Gasteiger partial charge in [0.25, 0.3) is 0 Å². The molecule has 2 rings (SSSR count). The van der Waals surface area contributed by atoms with E-state index in [1.165, 1.54) is 11.8 Å². The van der Waals surface area contributed by atoms with E-state index in [4.69, 9.17) is 14.3 Å². The van der Waals surface area contributed by atoms with Gasteiger partial charge in [-0.05, 0) is 19.1 Å². The number of aryl methyl sites for hydroxylation is 1. The minimum atomic E-state index is -0.789. The van der Waals surface area contributed by atoms with Gasteiger partial charge in [0.05, 0.1) is 24.7 Å². The summed E-state index contributed by atoms with van der Waals surface area (Å²) in [4.78, 5) is 14.9. The molecule has 7 heteroatoms. The molecule has 0 unspecified atom stereocenters. The maximum Gasteiger partial charge on any atom is 1.00 e. The summed E-state index contributed by atoms with van der Waals surface area (Å²) in [6.07, 6.45) is 4.52. The van der Waals surface area contributed by atoms with Crippen LogP contribution in [0, 0.1) is 6.92 Å². The number of hydrogen-bond acceptors (Lipinski definition) is 5. The Labute approximate surface area is 175 Å². The van der Waals surface area contributed by atoms with Crippen LogP contribution in [-0.2, 0) is 16.0 Å². The normalized spacial score (nSPS) is 10.8. The molecule has 0 atom stereocenters.